The molecule has 1 unspecified atom stereocenters. The second-order valence-corrected chi connectivity index (χ2v) is 11.2. The Morgan fingerprint density at radius 2 is 1.91 bits per heavy atom. The third kappa shape index (κ3) is 7.70. The number of hydrogen-bond donors (Lipinski definition) is 1. The first kappa shape index (κ1) is 20.3. The Balaban J connectivity index is 2.00. The molecule has 1 aliphatic heterocycles. The summed E-state index contributed by atoms with van der Waals surface area (Å²) in [6.07, 6.45) is 6.15. The van der Waals surface area contributed by atoms with Crippen molar-refractivity contribution in [2.24, 2.45) is 0 Å². The van der Waals surface area contributed by atoms with Gasteiger partial charge in [0, 0.05) is 51.3 Å². The molecule has 0 spiro atoms. The highest BCUT2D eigenvalue weighted by molar-refractivity contribution is 8.77. The Bertz CT molecular complexity index is 305. The van der Waals surface area contributed by atoms with Crippen molar-refractivity contribution in [1.82, 2.24) is 5.32 Å². The predicted molar refractivity (Wildman–Crippen MR) is 96.1 cm³/mol. The molecule has 8 heteroatoms. The molecule has 1 rings (SSSR count). The van der Waals surface area contributed by atoms with Gasteiger partial charge in [-0.1, -0.05) is 28.0 Å². The minimum absolute atomic E-state index is 0.146. The molecule has 0 saturated carbocycles. The van der Waals surface area contributed by atoms with E-state index in [1.807, 2.05) is 21.6 Å². The predicted octanol–water partition coefficient (Wildman–Crippen LogP) is 3.08. The summed E-state index contributed by atoms with van der Waals surface area (Å²) in [5.74, 6) is 1.43. The van der Waals surface area contributed by atoms with E-state index in [0.717, 1.165) is 24.5 Å². The van der Waals surface area contributed by atoms with Crippen LogP contribution in [0.5, 0.6) is 0 Å². The van der Waals surface area contributed by atoms with Gasteiger partial charge >= 0.3 is 8.80 Å². The quantitative estimate of drug-likeness (QED) is 0.325. The van der Waals surface area contributed by atoms with E-state index in [4.69, 9.17) is 13.3 Å². The number of rotatable bonds is 12. The second-order valence-electron chi connectivity index (χ2n) is 5.32. The molecule has 1 atom stereocenters. The Kier molecular flexibility index (Phi) is 10.8. The summed E-state index contributed by atoms with van der Waals surface area (Å²) >= 11 is 0. The fraction of sp³-hybridized carbons (Fsp3) is 0.929. The molecule has 0 aromatic rings. The fourth-order valence-electron chi connectivity index (χ4n) is 2.40. The van der Waals surface area contributed by atoms with Crippen molar-refractivity contribution in [3.63, 3.8) is 0 Å². The van der Waals surface area contributed by atoms with Gasteiger partial charge < -0.3 is 18.6 Å². The third-order valence-corrected chi connectivity index (χ3v) is 9.66. The summed E-state index contributed by atoms with van der Waals surface area (Å²) < 4.78 is 16.0. The highest BCUT2D eigenvalue weighted by Gasteiger charge is 2.36. The second kappa shape index (κ2) is 11.7. The monoisotopic (exact) mass is 367 g/mol. The molecule has 22 heavy (non-hydrogen) atoms. The van der Waals surface area contributed by atoms with Gasteiger partial charge in [0.05, 0.1) is 0 Å². The molecule has 0 radical (unpaired) electrons. The molecule has 1 N–H and O–H groups in total. The minimum Gasteiger partial charge on any atom is -0.377 e. The number of carbonyl (C=O) groups is 1. The van der Waals surface area contributed by atoms with Gasteiger partial charge in [0.15, 0.2) is 0 Å². The summed E-state index contributed by atoms with van der Waals surface area (Å²) in [4.78, 5) is 11.8. The summed E-state index contributed by atoms with van der Waals surface area (Å²) in [6, 6.07) is 0.716. The molecular weight excluding hydrogens is 338 g/mol. The van der Waals surface area contributed by atoms with Crippen LogP contribution in [0.3, 0.4) is 0 Å². The first-order chi connectivity index (χ1) is 10.7. The van der Waals surface area contributed by atoms with E-state index in [9.17, 15) is 4.79 Å². The number of carbonyl (C=O) groups excluding carboxylic acids is 1. The van der Waals surface area contributed by atoms with Crippen LogP contribution in [0.15, 0.2) is 0 Å². The summed E-state index contributed by atoms with van der Waals surface area (Å²) in [5, 5.41) is 3.77. The van der Waals surface area contributed by atoms with Gasteiger partial charge in [0.2, 0.25) is 5.91 Å². The lowest BCUT2D eigenvalue weighted by atomic mass is 10.1. The van der Waals surface area contributed by atoms with Crippen LogP contribution in [0.25, 0.3) is 0 Å². The zero-order chi connectivity index (χ0) is 16.3. The van der Waals surface area contributed by atoms with Crippen LogP contribution in [0.4, 0.5) is 0 Å². The Morgan fingerprint density at radius 3 is 2.50 bits per heavy atom. The lowest BCUT2D eigenvalue weighted by molar-refractivity contribution is -0.121. The van der Waals surface area contributed by atoms with E-state index in [1.165, 1.54) is 18.6 Å². The molecule has 1 amide bonds. The van der Waals surface area contributed by atoms with Gasteiger partial charge in [-0.3, -0.25) is 4.79 Å². The maximum Gasteiger partial charge on any atom is 0.500 e. The van der Waals surface area contributed by atoms with Gasteiger partial charge in [-0.15, -0.1) is 0 Å². The van der Waals surface area contributed by atoms with Crippen molar-refractivity contribution in [1.29, 1.82) is 0 Å². The van der Waals surface area contributed by atoms with E-state index in [-0.39, 0.29) is 5.91 Å². The molecular formula is C14H29NO4S2Si. The lowest BCUT2D eigenvalue weighted by Gasteiger charge is -2.24. The highest BCUT2D eigenvalue weighted by atomic mass is 33.1. The Labute approximate surface area is 143 Å². The van der Waals surface area contributed by atoms with E-state index in [2.05, 4.69) is 5.32 Å². The molecule has 130 valence electrons. The van der Waals surface area contributed by atoms with E-state index in [0.29, 0.717) is 19.0 Å². The summed E-state index contributed by atoms with van der Waals surface area (Å²) in [5.41, 5.74) is 0. The summed E-state index contributed by atoms with van der Waals surface area (Å²) in [7, 11) is 6.33. The van der Waals surface area contributed by atoms with Crippen LogP contribution in [0, 0.1) is 0 Å². The van der Waals surface area contributed by atoms with Crippen LogP contribution in [0.1, 0.15) is 38.5 Å². The van der Waals surface area contributed by atoms with Crippen molar-refractivity contribution in [3.8, 4) is 0 Å². The zero-order valence-electron chi connectivity index (χ0n) is 13.9. The standard InChI is InChI=1S/C14H29NO4S2Si/c1-17-22(18-2,19-3)12-6-10-15-14(16)8-5-4-7-13-9-11-20-21-13/h13H,4-12H2,1-3H3,(H,15,16). The largest absolute Gasteiger partial charge is 0.500 e. The molecule has 0 bridgehead atoms. The van der Waals surface area contributed by atoms with Crippen molar-refractivity contribution >= 4 is 36.3 Å². The molecule has 5 nitrogen and oxygen atoms in total. The molecule has 1 heterocycles. The lowest BCUT2D eigenvalue weighted by Crippen LogP contribution is -2.43. The van der Waals surface area contributed by atoms with Gasteiger partial charge in [-0.25, -0.2) is 0 Å². The van der Waals surface area contributed by atoms with Crippen molar-refractivity contribution < 1.29 is 18.1 Å². The molecule has 0 aromatic heterocycles. The first-order valence-corrected chi connectivity index (χ1v) is 12.2. The fourth-order valence-corrected chi connectivity index (χ4v) is 7.15. The Hall–Kier alpha value is 0.267. The minimum atomic E-state index is -2.49. The average molecular weight is 368 g/mol. The SMILES string of the molecule is CO[Si](CCCNC(=O)CCCCC1CCSS1)(OC)OC. The van der Waals surface area contributed by atoms with Gasteiger partial charge in [0.1, 0.15) is 0 Å². The maximum atomic E-state index is 11.8. The van der Waals surface area contributed by atoms with Crippen molar-refractivity contribution in [3.05, 3.63) is 0 Å². The average Bonchev–Trinajstić information content (AvgIpc) is 3.06. The maximum absolute atomic E-state index is 11.8. The van der Waals surface area contributed by atoms with E-state index in [1.54, 1.807) is 21.3 Å². The third-order valence-electron chi connectivity index (χ3n) is 3.82. The van der Waals surface area contributed by atoms with Gasteiger partial charge in [-0.2, -0.15) is 0 Å². The van der Waals surface area contributed by atoms with Crippen LogP contribution < -0.4 is 5.32 Å². The molecule has 1 aliphatic rings. The summed E-state index contributed by atoms with van der Waals surface area (Å²) in [6.45, 7) is 0.652. The van der Waals surface area contributed by atoms with Crippen LogP contribution in [0.2, 0.25) is 6.04 Å². The van der Waals surface area contributed by atoms with Crippen molar-refractivity contribution in [2.75, 3.05) is 33.6 Å². The topological polar surface area (TPSA) is 56.8 Å². The number of unbranched alkanes of at least 4 members (excludes halogenated alkanes) is 1. The van der Waals surface area contributed by atoms with Gasteiger partial charge in [0.25, 0.3) is 0 Å². The normalized spacial score (nSPS) is 18.6. The first-order valence-electron chi connectivity index (χ1n) is 7.86. The molecule has 1 saturated heterocycles. The Morgan fingerprint density at radius 1 is 1.18 bits per heavy atom. The molecule has 0 aromatic carbocycles. The number of amides is 1. The van der Waals surface area contributed by atoms with Crippen LogP contribution in [-0.4, -0.2) is 53.6 Å². The molecule has 0 aliphatic carbocycles. The zero-order valence-corrected chi connectivity index (χ0v) is 16.5. The van der Waals surface area contributed by atoms with Gasteiger partial charge in [-0.05, 0) is 25.7 Å². The van der Waals surface area contributed by atoms with E-state index >= 15 is 0 Å². The van der Waals surface area contributed by atoms with Crippen LogP contribution in [-0.2, 0) is 18.1 Å². The van der Waals surface area contributed by atoms with Crippen LogP contribution >= 0.6 is 21.6 Å². The smallest absolute Gasteiger partial charge is 0.377 e. The molecule has 1 fully saturated rings. The number of nitrogens with one attached hydrogen (secondary N) is 1. The highest BCUT2D eigenvalue weighted by Crippen LogP contribution is 2.39. The van der Waals surface area contributed by atoms with Crippen molar-refractivity contribution in [2.45, 2.75) is 49.8 Å². The number of hydrogen-bond acceptors (Lipinski definition) is 6. The van der Waals surface area contributed by atoms with E-state index < -0.39 is 8.80 Å².